The molecule has 0 amide bonds. The van der Waals surface area contributed by atoms with Crippen LogP contribution in [0.3, 0.4) is 0 Å². The summed E-state index contributed by atoms with van der Waals surface area (Å²) in [5.41, 5.74) is 0.155. The summed E-state index contributed by atoms with van der Waals surface area (Å²) in [6.45, 7) is 7.75. The highest BCUT2D eigenvalue weighted by atomic mass is 16.7. The van der Waals surface area contributed by atoms with Crippen molar-refractivity contribution >= 4 is 23.6 Å². The van der Waals surface area contributed by atoms with Crippen molar-refractivity contribution in [3.05, 3.63) is 54.5 Å². The third kappa shape index (κ3) is 2.29. The van der Waals surface area contributed by atoms with E-state index >= 15 is 0 Å². The van der Waals surface area contributed by atoms with E-state index in [1.54, 1.807) is 0 Å². The average Bonchev–Trinajstić information content (AvgIpc) is 3.14. The normalized spacial score (nSPS) is 21.4. The maximum Gasteiger partial charge on any atom is 0.499 e. The van der Waals surface area contributed by atoms with Crippen LogP contribution in [0.25, 0.3) is 22.3 Å². The predicted molar refractivity (Wildman–Crippen MR) is 97.4 cm³/mol. The first-order valence-corrected chi connectivity index (χ1v) is 7.99. The van der Waals surface area contributed by atoms with Gasteiger partial charge in [-0.15, -0.1) is 0 Å². The standard InChI is InChI=1S/C20H21BO3/c1-19(2)20(3,4)24-21(23-19)17-15-12-8-9-13-16(15)22-18(17)14-10-6-5-7-11-14/h5-13H,1-4H3/i8D,9D,12D,13D. The summed E-state index contributed by atoms with van der Waals surface area (Å²) in [7, 11) is -0.819. The van der Waals surface area contributed by atoms with Crippen LogP contribution in [-0.2, 0) is 9.31 Å². The highest BCUT2D eigenvalue weighted by Crippen LogP contribution is 2.38. The number of rotatable bonds is 2. The second-order valence-corrected chi connectivity index (χ2v) is 7.00. The lowest BCUT2D eigenvalue weighted by Crippen LogP contribution is -2.41. The minimum absolute atomic E-state index is 0.106. The molecule has 122 valence electrons. The fourth-order valence-corrected chi connectivity index (χ4v) is 2.83. The molecule has 0 spiro atoms. The van der Waals surface area contributed by atoms with Crippen LogP contribution < -0.4 is 5.46 Å². The van der Waals surface area contributed by atoms with Crippen molar-refractivity contribution in [3.8, 4) is 11.3 Å². The minimum Gasteiger partial charge on any atom is -0.456 e. The SMILES string of the molecule is [2H]c1c([2H])c([2H])c2c(B3OC(C)(C)C(C)(C)O3)c(-c3ccccc3)oc2c1[2H]. The van der Waals surface area contributed by atoms with Gasteiger partial charge in [-0.2, -0.15) is 0 Å². The molecular formula is C20H21BO3. The molecule has 1 saturated heterocycles. The molecule has 1 fully saturated rings. The van der Waals surface area contributed by atoms with Crippen LogP contribution in [0, 0.1) is 0 Å². The van der Waals surface area contributed by atoms with Crippen LogP contribution in [0.15, 0.2) is 58.9 Å². The minimum atomic E-state index is -0.819. The van der Waals surface area contributed by atoms with Gasteiger partial charge in [-0.1, -0.05) is 48.5 Å². The Morgan fingerprint density at radius 3 is 2.21 bits per heavy atom. The van der Waals surface area contributed by atoms with E-state index in [-0.39, 0.29) is 29.8 Å². The Labute approximate surface area is 148 Å². The van der Waals surface area contributed by atoms with Crippen molar-refractivity contribution in [2.45, 2.75) is 38.9 Å². The van der Waals surface area contributed by atoms with Gasteiger partial charge in [-0.05, 0) is 33.7 Å². The molecule has 3 nitrogen and oxygen atoms in total. The van der Waals surface area contributed by atoms with E-state index in [0.29, 0.717) is 16.6 Å². The smallest absolute Gasteiger partial charge is 0.456 e. The molecule has 1 aromatic heterocycles. The molecule has 24 heavy (non-hydrogen) atoms. The molecule has 0 radical (unpaired) electrons. The summed E-state index contributed by atoms with van der Waals surface area (Å²) in [6, 6.07) is 8.34. The maximum absolute atomic E-state index is 8.44. The van der Waals surface area contributed by atoms with Crippen molar-refractivity contribution in [2.75, 3.05) is 0 Å². The van der Waals surface area contributed by atoms with E-state index in [2.05, 4.69) is 0 Å². The third-order valence-electron chi connectivity index (χ3n) is 4.90. The molecule has 1 aliphatic rings. The van der Waals surface area contributed by atoms with Crippen LogP contribution in [-0.4, -0.2) is 18.3 Å². The molecule has 0 atom stereocenters. The fourth-order valence-electron chi connectivity index (χ4n) is 2.83. The fraction of sp³-hybridized carbons (Fsp3) is 0.300. The Bertz CT molecular complexity index is 1060. The highest BCUT2D eigenvalue weighted by molar-refractivity contribution is 6.66. The molecule has 2 aromatic carbocycles. The van der Waals surface area contributed by atoms with E-state index < -0.39 is 18.3 Å². The molecule has 0 aliphatic carbocycles. The van der Waals surface area contributed by atoms with Gasteiger partial charge in [0.05, 0.1) is 16.7 Å². The topological polar surface area (TPSA) is 31.6 Å². The summed E-state index contributed by atoms with van der Waals surface area (Å²) >= 11 is 0. The number of benzene rings is 2. The molecule has 4 heteroatoms. The largest absolute Gasteiger partial charge is 0.499 e. The van der Waals surface area contributed by atoms with E-state index in [1.807, 2.05) is 58.0 Å². The maximum atomic E-state index is 8.44. The zero-order valence-electron chi connectivity index (χ0n) is 18.2. The Morgan fingerprint density at radius 1 is 0.917 bits per heavy atom. The molecule has 0 N–H and O–H groups in total. The first-order valence-electron chi connectivity index (χ1n) is 9.99. The van der Waals surface area contributed by atoms with Crippen molar-refractivity contribution < 1.29 is 19.2 Å². The van der Waals surface area contributed by atoms with E-state index in [9.17, 15) is 0 Å². The molecule has 2 heterocycles. The van der Waals surface area contributed by atoms with Gasteiger partial charge in [0.1, 0.15) is 11.3 Å². The van der Waals surface area contributed by atoms with Gasteiger partial charge in [-0.25, -0.2) is 0 Å². The Hall–Kier alpha value is -2.04. The highest BCUT2D eigenvalue weighted by Gasteiger charge is 2.53. The van der Waals surface area contributed by atoms with Gasteiger partial charge in [-0.3, -0.25) is 0 Å². The molecule has 1 aliphatic heterocycles. The molecule has 3 aromatic rings. The van der Waals surface area contributed by atoms with Crippen molar-refractivity contribution in [1.29, 1.82) is 0 Å². The Balaban J connectivity index is 2.06. The lowest BCUT2D eigenvalue weighted by Gasteiger charge is -2.32. The summed E-state index contributed by atoms with van der Waals surface area (Å²) in [4.78, 5) is 0. The zero-order chi connectivity index (χ0) is 20.4. The monoisotopic (exact) mass is 324 g/mol. The van der Waals surface area contributed by atoms with Crippen LogP contribution in [0.1, 0.15) is 33.2 Å². The number of para-hydroxylation sites is 1. The molecule has 0 unspecified atom stereocenters. The average molecular weight is 324 g/mol. The van der Waals surface area contributed by atoms with Gasteiger partial charge in [0.25, 0.3) is 0 Å². The molecule has 0 bridgehead atoms. The zero-order valence-corrected chi connectivity index (χ0v) is 14.2. The lowest BCUT2D eigenvalue weighted by atomic mass is 9.76. The predicted octanol–water partition coefficient (Wildman–Crippen LogP) is 4.40. The summed E-state index contributed by atoms with van der Waals surface area (Å²) in [6.07, 6.45) is 0. The molecule has 4 rings (SSSR count). The quantitative estimate of drug-likeness (QED) is 0.655. The van der Waals surface area contributed by atoms with Crippen LogP contribution in [0.2, 0.25) is 0 Å². The Morgan fingerprint density at radius 2 is 1.54 bits per heavy atom. The van der Waals surface area contributed by atoms with E-state index in [4.69, 9.17) is 19.2 Å². The second kappa shape index (κ2) is 5.23. The van der Waals surface area contributed by atoms with Crippen molar-refractivity contribution in [3.63, 3.8) is 0 Å². The van der Waals surface area contributed by atoms with Gasteiger partial charge in [0, 0.05) is 16.4 Å². The van der Waals surface area contributed by atoms with Crippen LogP contribution in [0.5, 0.6) is 0 Å². The van der Waals surface area contributed by atoms with Gasteiger partial charge in [0.15, 0.2) is 0 Å². The van der Waals surface area contributed by atoms with Crippen molar-refractivity contribution in [2.24, 2.45) is 0 Å². The van der Waals surface area contributed by atoms with E-state index in [1.165, 1.54) is 0 Å². The van der Waals surface area contributed by atoms with Gasteiger partial charge >= 0.3 is 7.12 Å². The summed E-state index contributed by atoms with van der Waals surface area (Å²) in [5, 5.41) is 0.295. The van der Waals surface area contributed by atoms with Crippen molar-refractivity contribution in [1.82, 2.24) is 0 Å². The number of hydrogen-bond acceptors (Lipinski definition) is 3. The van der Waals surface area contributed by atoms with Gasteiger partial charge < -0.3 is 13.7 Å². The first-order chi connectivity index (χ1) is 13.0. The van der Waals surface area contributed by atoms with Gasteiger partial charge in [0.2, 0.25) is 0 Å². The number of hydrogen-bond donors (Lipinski definition) is 0. The second-order valence-electron chi connectivity index (χ2n) is 7.00. The molecular weight excluding hydrogens is 299 g/mol. The molecule has 0 saturated carbocycles. The summed E-state index contributed by atoms with van der Waals surface area (Å²) in [5.74, 6) is 0.432. The van der Waals surface area contributed by atoms with E-state index in [0.717, 1.165) is 5.56 Å². The third-order valence-corrected chi connectivity index (χ3v) is 4.90. The lowest BCUT2D eigenvalue weighted by molar-refractivity contribution is 0.00578. The Kier molecular flexibility index (Phi) is 2.51. The van der Waals surface area contributed by atoms with Crippen LogP contribution in [0.4, 0.5) is 0 Å². The first kappa shape index (κ1) is 11.5. The number of fused-ring (bicyclic) bond motifs is 1. The summed E-state index contributed by atoms with van der Waals surface area (Å²) < 4.78 is 51.2. The number of furan rings is 1. The van der Waals surface area contributed by atoms with Crippen LogP contribution >= 0.6 is 0 Å².